The normalized spacial score (nSPS) is 20.0. The van der Waals surface area contributed by atoms with E-state index in [2.05, 4.69) is 52.5 Å². The molecule has 1 saturated heterocycles. The van der Waals surface area contributed by atoms with Crippen LogP contribution in [-0.4, -0.2) is 29.0 Å². The number of nitrogens with zero attached hydrogens (tertiary/aromatic N) is 2. The van der Waals surface area contributed by atoms with E-state index in [0.29, 0.717) is 12.1 Å². The molecule has 3 aromatic rings. The van der Waals surface area contributed by atoms with E-state index >= 15 is 0 Å². The fourth-order valence-electron chi connectivity index (χ4n) is 3.40. The molecule has 23 heavy (non-hydrogen) atoms. The Kier molecular flexibility index (Phi) is 3.75. The van der Waals surface area contributed by atoms with Crippen LogP contribution in [0.2, 0.25) is 0 Å². The minimum Gasteiger partial charge on any atom is -0.464 e. The molecule has 118 valence electrons. The van der Waals surface area contributed by atoms with Crippen molar-refractivity contribution in [1.82, 2.24) is 9.88 Å². The summed E-state index contributed by atoms with van der Waals surface area (Å²) in [5, 5.41) is 4.65. The maximum absolute atomic E-state index is 5.45. The van der Waals surface area contributed by atoms with Gasteiger partial charge >= 0.3 is 0 Å². The van der Waals surface area contributed by atoms with Crippen molar-refractivity contribution >= 4 is 16.8 Å². The fourth-order valence-corrected chi connectivity index (χ4v) is 3.40. The highest BCUT2D eigenvalue weighted by Crippen LogP contribution is 2.28. The zero-order chi connectivity index (χ0) is 15.6. The van der Waals surface area contributed by atoms with Crippen molar-refractivity contribution in [1.29, 1.82) is 0 Å². The number of aromatic nitrogens is 1. The fraction of sp³-hybridized carbons (Fsp3) is 0.316. The second-order valence-electron chi connectivity index (χ2n) is 6.20. The number of rotatable bonds is 4. The average Bonchev–Trinajstić information content (AvgIpc) is 3.25. The summed E-state index contributed by atoms with van der Waals surface area (Å²) in [7, 11) is 0. The highest BCUT2D eigenvalue weighted by atomic mass is 16.3. The summed E-state index contributed by atoms with van der Waals surface area (Å²) in [6.45, 7) is 4.42. The molecular weight excluding hydrogens is 286 g/mol. The quantitative estimate of drug-likeness (QED) is 0.788. The molecule has 1 fully saturated rings. The van der Waals surface area contributed by atoms with Gasteiger partial charge in [-0.05, 0) is 31.0 Å². The van der Waals surface area contributed by atoms with Crippen LogP contribution in [0.4, 0.5) is 5.82 Å². The maximum Gasteiger partial charge on any atom is 0.139 e. The van der Waals surface area contributed by atoms with E-state index in [-0.39, 0.29) is 0 Å². The third kappa shape index (κ3) is 2.82. The van der Waals surface area contributed by atoms with Gasteiger partial charge in [-0.1, -0.05) is 30.3 Å². The summed E-state index contributed by atoms with van der Waals surface area (Å²) in [4.78, 5) is 7.01. The van der Waals surface area contributed by atoms with Crippen LogP contribution in [-0.2, 0) is 0 Å². The van der Waals surface area contributed by atoms with E-state index < -0.39 is 0 Å². The van der Waals surface area contributed by atoms with Crippen LogP contribution in [0.15, 0.2) is 59.3 Å². The molecule has 1 aromatic carbocycles. The number of pyridine rings is 1. The predicted octanol–water partition coefficient (Wildman–Crippen LogP) is 4.08. The summed E-state index contributed by atoms with van der Waals surface area (Å²) in [6, 6.07) is 15.5. The molecule has 2 atom stereocenters. The Balaban J connectivity index is 1.45. The Bertz CT molecular complexity index is 783. The van der Waals surface area contributed by atoms with Crippen molar-refractivity contribution in [2.75, 3.05) is 18.4 Å². The lowest BCUT2D eigenvalue weighted by Crippen LogP contribution is -2.28. The third-order valence-corrected chi connectivity index (χ3v) is 4.77. The molecule has 4 heteroatoms. The van der Waals surface area contributed by atoms with Gasteiger partial charge in [0.05, 0.1) is 11.6 Å². The first-order valence-corrected chi connectivity index (χ1v) is 8.19. The van der Waals surface area contributed by atoms with Crippen LogP contribution in [0.5, 0.6) is 0 Å². The van der Waals surface area contributed by atoms with E-state index in [1.54, 1.807) is 12.5 Å². The minimum atomic E-state index is 0.425. The van der Waals surface area contributed by atoms with Gasteiger partial charge in [-0.25, -0.2) is 4.98 Å². The average molecular weight is 307 g/mol. The molecule has 0 amide bonds. The van der Waals surface area contributed by atoms with Crippen LogP contribution in [0.25, 0.3) is 11.0 Å². The topological polar surface area (TPSA) is 41.3 Å². The van der Waals surface area contributed by atoms with Gasteiger partial charge in [0, 0.05) is 31.4 Å². The number of nitrogens with one attached hydrogen (secondary N) is 1. The summed E-state index contributed by atoms with van der Waals surface area (Å²) in [6.07, 6.45) is 4.65. The Labute approximate surface area is 136 Å². The summed E-state index contributed by atoms with van der Waals surface area (Å²) in [5.74, 6) is 0.926. The lowest BCUT2D eigenvalue weighted by atomic mass is 10.1. The van der Waals surface area contributed by atoms with Crippen LogP contribution in [0.3, 0.4) is 0 Å². The molecular formula is C19H21N3O. The summed E-state index contributed by atoms with van der Waals surface area (Å²) in [5.41, 5.74) is 2.26. The number of benzene rings is 1. The van der Waals surface area contributed by atoms with Crippen LogP contribution in [0, 0.1) is 0 Å². The minimum absolute atomic E-state index is 0.425. The molecule has 1 aliphatic heterocycles. The molecule has 1 N–H and O–H groups in total. The van der Waals surface area contributed by atoms with Gasteiger partial charge in [0.1, 0.15) is 11.4 Å². The molecule has 0 aliphatic carbocycles. The predicted molar refractivity (Wildman–Crippen MR) is 92.5 cm³/mol. The molecule has 0 spiro atoms. The summed E-state index contributed by atoms with van der Waals surface area (Å²) >= 11 is 0. The SMILES string of the molecule is CC(c1ccccc1)N1CCC(Nc2nccc3occc23)C1. The number of likely N-dealkylation sites (tertiary alicyclic amines) is 1. The number of fused-ring (bicyclic) bond motifs is 1. The first-order valence-electron chi connectivity index (χ1n) is 8.19. The van der Waals surface area contributed by atoms with E-state index in [1.165, 1.54) is 5.56 Å². The second-order valence-corrected chi connectivity index (χ2v) is 6.20. The molecule has 2 unspecified atom stereocenters. The van der Waals surface area contributed by atoms with Gasteiger partial charge in [-0.15, -0.1) is 0 Å². The van der Waals surface area contributed by atoms with E-state index in [1.807, 2.05) is 12.1 Å². The standard InChI is InChI=1S/C19H21N3O/c1-14(15-5-3-2-4-6-15)22-11-8-16(13-22)21-19-17-9-12-23-18(17)7-10-20-19/h2-7,9-10,12,14,16H,8,11,13H2,1H3,(H,20,21). The largest absolute Gasteiger partial charge is 0.464 e. The van der Waals surface area contributed by atoms with Crippen molar-refractivity contribution < 1.29 is 4.42 Å². The Hall–Kier alpha value is -2.33. The zero-order valence-corrected chi connectivity index (χ0v) is 13.3. The van der Waals surface area contributed by atoms with Crippen molar-refractivity contribution in [3.8, 4) is 0 Å². The molecule has 1 aliphatic rings. The van der Waals surface area contributed by atoms with Crippen molar-refractivity contribution in [2.45, 2.75) is 25.4 Å². The molecule has 3 heterocycles. The van der Waals surface area contributed by atoms with E-state index in [9.17, 15) is 0 Å². The molecule has 4 rings (SSSR count). The molecule has 0 radical (unpaired) electrons. The third-order valence-electron chi connectivity index (χ3n) is 4.77. The second kappa shape index (κ2) is 6.05. The van der Waals surface area contributed by atoms with Crippen LogP contribution < -0.4 is 5.32 Å². The number of furan rings is 1. The Morgan fingerprint density at radius 2 is 2.09 bits per heavy atom. The number of anilines is 1. The van der Waals surface area contributed by atoms with E-state index in [0.717, 1.165) is 36.3 Å². The molecule has 4 nitrogen and oxygen atoms in total. The van der Waals surface area contributed by atoms with Crippen LogP contribution >= 0.6 is 0 Å². The smallest absolute Gasteiger partial charge is 0.139 e. The lowest BCUT2D eigenvalue weighted by Gasteiger charge is -2.25. The highest BCUT2D eigenvalue weighted by Gasteiger charge is 2.27. The van der Waals surface area contributed by atoms with Gasteiger partial charge in [-0.2, -0.15) is 0 Å². The molecule has 0 bridgehead atoms. The lowest BCUT2D eigenvalue weighted by molar-refractivity contribution is 0.261. The van der Waals surface area contributed by atoms with Crippen LogP contribution in [0.1, 0.15) is 24.9 Å². The number of hydrogen-bond acceptors (Lipinski definition) is 4. The van der Waals surface area contributed by atoms with Gasteiger partial charge in [0.15, 0.2) is 0 Å². The Morgan fingerprint density at radius 1 is 1.22 bits per heavy atom. The van der Waals surface area contributed by atoms with Gasteiger partial charge in [-0.3, -0.25) is 4.90 Å². The van der Waals surface area contributed by atoms with Crippen molar-refractivity contribution in [3.63, 3.8) is 0 Å². The van der Waals surface area contributed by atoms with Crippen molar-refractivity contribution in [2.24, 2.45) is 0 Å². The van der Waals surface area contributed by atoms with E-state index in [4.69, 9.17) is 4.42 Å². The van der Waals surface area contributed by atoms with Gasteiger partial charge in [0.2, 0.25) is 0 Å². The summed E-state index contributed by atoms with van der Waals surface area (Å²) < 4.78 is 5.45. The van der Waals surface area contributed by atoms with Gasteiger partial charge < -0.3 is 9.73 Å². The first kappa shape index (κ1) is 14.3. The molecule has 0 saturated carbocycles. The number of hydrogen-bond donors (Lipinski definition) is 1. The monoisotopic (exact) mass is 307 g/mol. The first-order chi connectivity index (χ1) is 11.3. The zero-order valence-electron chi connectivity index (χ0n) is 13.3. The molecule has 2 aromatic heterocycles. The van der Waals surface area contributed by atoms with Crippen molar-refractivity contribution in [3.05, 3.63) is 60.5 Å². The Morgan fingerprint density at radius 3 is 2.96 bits per heavy atom. The maximum atomic E-state index is 5.45. The van der Waals surface area contributed by atoms with Gasteiger partial charge in [0.25, 0.3) is 0 Å². The highest BCUT2D eigenvalue weighted by molar-refractivity contribution is 5.87.